The molecule has 0 aromatic rings. The molecule has 1 saturated carbocycles. The molecule has 1 atom stereocenters. The third-order valence-electron chi connectivity index (χ3n) is 3.87. The Labute approximate surface area is 96.9 Å². The van der Waals surface area contributed by atoms with Crippen LogP contribution in [0.1, 0.15) is 44.9 Å². The van der Waals surface area contributed by atoms with E-state index in [1.165, 1.54) is 6.42 Å². The van der Waals surface area contributed by atoms with Crippen molar-refractivity contribution in [2.45, 2.75) is 56.6 Å². The van der Waals surface area contributed by atoms with Gasteiger partial charge in [-0.3, -0.25) is 4.79 Å². The smallest absolute Gasteiger partial charge is 0.237 e. The summed E-state index contributed by atoms with van der Waals surface area (Å²) in [6.07, 6.45) is 7.69. The number of carbonyl (C=O) groups is 1. The van der Waals surface area contributed by atoms with Gasteiger partial charge in [0.1, 0.15) is 0 Å². The first-order chi connectivity index (χ1) is 7.73. The van der Waals surface area contributed by atoms with Crippen LogP contribution in [0.15, 0.2) is 0 Å². The second-order valence-corrected chi connectivity index (χ2v) is 5.02. The van der Waals surface area contributed by atoms with Gasteiger partial charge in [0.05, 0.1) is 11.6 Å². The molecule has 1 amide bonds. The maximum Gasteiger partial charge on any atom is 0.237 e. The van der Waals surface area contributed by atoms with Gasteiger partial charge in [-0.1, -0.05) is 19.3 Å². The summed E-state index contributed by atoms with van der Waals surface area (Å²) in [6.45, 7) is 1.62. The van der Waals surface area contributed by atoms with E-state index in [0.29, 0.717) is 0 Å². The van der Waals surface area contributed by atoms with Crippen LogP contribution in [0.5, 0.6) is 0 Å². The standard InChI is InChI=1S/C12H22N2O2/c13-11(15)12(6-2-1-3-7-12)14-9-10-5-4-8-16-10/h10,14H,1-9H2,(H2,13,15). The lowest BCUT2D eigenvalue weighted by molar-refractivity contribution is -0.126. The molecular formula is C12H22N2O2. The number of amides is 1. The van der Waals surface area contributed by atoms with Crippen LogP contribution >= 0.6 is 0 Å². The minimum atomic E-state index is -0.454. The number of hydrogen-bond acceptors (Lipinski definition) is 3. The van der Waals surface area contributed by atoms with Crippen molar-refractivity contribution < 1.29 is 9.53 Å². The molecule has 0 radical (unpaired) electrons. The monoisotopic (exact) mass is 226 g/mol. The summed E-state index contributed by atoms with van der Waals surface area (Å²) in [5.74, 6) is -0.190. The predicted molar refractivity (Wildman–Crippen MR) is 62.0 cm³/mol. The molecule has 3 N–H and O–H groups in total. The van der Waals surface area contributed by atoms with Gasteiger partial charge < -0.3 is 15.8 Å². The highest BCUT2D eigenvalue weighted by atomic mass is 16.5. The van der Waals surface area contributed by atoms with E-state index in [0.717, 1.165) is 51.7 Å². The van der Waals surface area contributed by atoms with Gasteiger partial charge in [-0.05, 0) is 25.7 Å². The van der Waals surface area contributed by atoms with Gasteiger partial charge in [-0.15, -0.1) is 0 Å². The summed E-state index contributed by atoms with van der Waals surface area (Å²) in [6, 6.07) is 0. The summed E-state index contributed by atoms with van der Waals surface area (Å²) in [5, 5.41) is 3.38. The Kier molecular flexibility index (Phi) is 3.82. The summed E-state index contributed by atoms with van der Waals surface area (Å²) < 4.78 is 5.55. The van der Waals surface area contributed by atoms with E-state index in [9.17, 15) is 4.79 Å². The van der Waals surface area contributed by atoms with Crippen LogP contribution in [0.3, 0.4) is 0 Å². The summed E-state index contributed by atoms with van der Waals surface area (Å²) in [5.41, 5.74) is 5.09. The third kappa shape index (κ3) is 2.55. The largest absolute Gasteiger partial charge is 0.377 e. The van der Waals surface area contributed by atoms with E-state index in [2.05, 4.69) is 5.32 Å². The average molecular weight is 226 g/mol. The number of hydrogen-bond donors (Lipinski definition) is 2. The highest BCUT2D eigenvalue weighted by Gasteiger charge is 2.37. The molecule has 2 aliphatic rings. The fraction of sp³-hybridized carbons (Fsp3) is 0.917. The van der Waals surface area contributed by atoms with E-state index in [1.807, 2.05) is 0 Å². The first-order valence-electron chi connectivity index (χ1n) is 6.39. The normalized spacial score (nSPS) is 29.1. The van der Waals surface area contributed by atoms with Crippen molar-refractivity contribution in [1.29, 1.82) is 0 Å². The molecule has 2 fully saturated rings. The maximum atomic E-state index is 11.6. The van der Waals surface area contributed by atoms with Gasteiger partial charge in [0.25, 0.3) is 0 Å². The zero-order chi connectivity index (χ0) is 11.4. The lowest BCUT2D eigenvalue weighted by Crippen LogP contribution is -2.58. The van der Waals surface area contributed by atoms with Crippen LogP contribution in [0.25, 0.3) is 0 Å². The number of carbonyl (C=O) groups excluding carboxylic acids is 1. The molecule has 1 aliphatic carbocycles. The predicted octanol–water partition coefficient (Wildman–Crippen LogP) is 0.943. The highest BCUT2D eigenvalue weighted by molar-refractivity contribution is 5.84. The molecule has 1 unspecified atom stereocenters. The molecule has 1 saturated heterocycles. The highest BCUT2D eigenvalue weighted by Crippen LogP contribution is 2.28. The Morgan fingerprint density at radius 3 is 2.62 bits per heavy atom. The Balaban J connectivity index is 1.88. The Morgan fingerprint density at radius 1 is 1.31 bits per heavy atom. The minimum absolute atomic E-state index is 0.190. The Morgan fingerprint density at radius 2 is 2.06 bits per heavy atom. The van der Waals surface area contributed by atoms with E-state index >= 15 is 0 Å². The van der Waals surface area contributed by atoms with Crippen LogP contribution in [0.4, 0.5) is 0 Å². The first-order valence-corrected chi connectivity index (χ1v) is 6.39. The molecule has 0 bridgehead atoms. The lowest BCUT2D eigenvalue weighted by Gasteiger charge is -2.36. The fourth-order valence-corrected chi connectivity index (χ4v) is 2.78. The number of ether oxygens (including phenoxy) is 1. The van der Waals surface area contributed by atoms with Crippen molar-refractivity contribution in [3.8, 4) is 0 Å². The summed E-state index contributed by atoms with van der Waals surface area (Å²) in [4.78, 5) is 11.6. The van der Waals surface area contributed by atoms with Gasteiger partial charge in [-0.25, -0.2) is 0 Å². The topological polar surface area (TPSA) is 64.4 Å². The van der Waals surface area contributed by atoms with E-state index in [1.54, 1.807) is 0 Å². The molecule has 16 heavy (non-hydrogen) atoms. The van der Waals surface area contributed by atoms with Crippen LogP contribution in [0, 0.1) is 0 Å². The van der Waals surface area contributed by atoms with E-state index in [4.69, 9.17) is 10.5 Å². The molecule has 4 heteroatoms. The van der Waals surface area contributed by atoms with Gasteiger partial charge >= 0.3 is 0 Å². The molecule has 1 aliphatic heterocycles. The molecule has 4 nitrogen and oxygen atoms in total. The van der Waals surface area contributed by atoms with Gasteiger partial charge in [0.2, 0.25) is 5.91 Å². The molecule has 2 rings (SSSR count). The third-order valence-corrected chi connectivity index (χ3v) is 3.87. The van der Waals surface area contributed by atoms with Crippen molar-refractivity contribution in [1.82, 2.24) is 5.32 Å². The van der Waals surface area contributed by atoms with Crippen molar-refractivity contribution in [2.75, 3.05) is 13.2 Å². The minimum Gasteiger partial charge on any atom is -0.377 e. The van der Waals surface area contributed by atoms with Crippen molar-refractivity contribution in [2.24, 2.45) is 5.73 Å². The van der Waals surface area contributed by atoms with Crippen molar-refractivity contribution in [3.63, 3.8) is 0 Å². The molecular weight excluding hydrogens is 204 g/mol. The van der Waals surface area contributed by atoms with Crippen molar-refractivity contribution in [3.05, 3.63) is 0 Å². The van der Waals surface area contributed by atoms with Crippen LogP contribution < -0.4 is 11.1 Å². The molecule has 1 heterocycles. The second kappa shape index (κ2) is 5.15. The zero-order valence-electron chi connectivity index (χ0n) is 9.84. The van der Waals surface area contributed by atoms with Gasteiger partial charge in [0.15, 0.2) is 0 Å². The number of rotatable bonds is 4. The van der Waals surface area contributed by atoms with E-state index in [-0.39, 0.29) is 12.0 Å². The number of nitrogens with one attached hydrogen (secondary N) is 1. The molecule has 0 aromatic heterocycles. The summed E-state index contributed by atoms with van der Waals surface area (Å²) >= 11 is 0. The van der Waals surface area contributed by atoms with Crippen LogP contribution in [-0.4, -0.2) is 30.7 Å². The van der Waals surface area contributed by atoms with Gasteiger partial charge in [-0.2, -0.15) is 0 Å². The first kappa shape index (κ1) is 11.9. The molecule has 0 spiro atoms. The average Bonchev–Trinajstić information content (AvgIpc) is 2.80. The SMILES string of the molecule is NC(=O)C1(NCC2CCCO2)CCCCC1. The van der Waals surface area contributed by atoms with Crippen LogP contribution in [0.2, 0.25) is 0 Å². The van der Waals surface area contributed by atoms with Crippen LogP contribution in [-0.2, 0) is 9.53 Å². The zero-order valence-corrected chi connectivity index (χ0v) is 9.84. The van der Waals surface area contributed by atoms with Crippen molar-refractivity contribution >= 4 is 5.91 Å². The molecule has 0 aromatic carbocycles. The van der Waals surface area contributed by atoms with E-state index < -0.39 is 5.54 Å². The fourth-order valence-electron chi connectivity index (χ4n) is 2.78. The summed E-state index contributed by atoms with van der Waals surface area (Å²) in [7, 11) is 0. The molecule has 92 valence electrons. The second-order valence-electron chi connectivity index (χ2n) is 5.02. The lowest BCUT2D eigenvalue weighted by atomic mass is 9.81. The quantitative estimate of drug-likeness (QED) is 0.750. The number of nitrogens with two attached hydrogens (primary N) is 1. The Bertz CT molecular complexity index is 243. The maximum absolute atomic E-state index is 11.6. The Hall–Kier alpha value is -0.610. The number of primary amides is 1. The van der Waals surface area contributed by atoms with Gasteiger partial charge in [0, 0.05) is 13.2 Å².